The van der Waals surface area contributed by atoms with Crippen LogP contribution < -0.4 is 15.2 Å². The van der Waals surface area contributed by atoms with Crippen LogP contribution in [0.3, 0.4) is 0 Å². The van der Waals surface area contributed by atoms with Crippen LogP contribution in [0.15, 0.2) is 48.5 Å². The smallest absolute Gasteiger partial charge is 0.187 e. The molecular weight excluding hydrogens is 343 g/mol. The summed E-state index contributed by atoms with van der Waals surface area (Å²) in [4.78, 5) is 16.1. The molecule has 25 heavy (non-hydrogen) atoms. The lowest BCUT2D eigenvalue weighted by Crippen LogP contribution is -2.24. The molecule has 0 aliphatic heterocycles. The Labute approximate surface area is 147 Å². The number of halogens is 1. The van der Waals surface area contributed by atoms with Crippen LogP contribution in [0.4, 0.5) is 15.2 Å². The molecule has 0 saturated heterocycles. The molecule has 1 aromatic heterocycles. The third-order valence-corrected chi connectivity index (χ3v) is 4.43. The first kappa shape index (κ1) is 16.9. The maximum atomic E-state index is 13.0. The van der Waals surface area contributed by atoms with Crippen molar-refractivity contribution in [2.24, 2.45) is 0 Å². The number of nitrogens with zero attached hydrogens (tertiary/aromatic N) is 1. The minimum Gasteiger partial charge on any atom is -0.550 e. The molecule has 2 aromatic carbocycles. The van der Waals surface area contributed by atoms with Gasteiger partial charge in [-0.3, -0.25) is 0 Å². The van der Waals surface area contributed by atoms with Crippen LogP contribution in [0.5, 0.6) is 5.75 Å². The van der Waals surface area contributed by atoms with E-state index in [9.17, 15) is 14.3 Å². The quantitative estimate of drug-likeness (QED) is 0.734. The van der Waals surface area contributed by atoms with E-state index in [0.29, 0.717) is 27.1 Å². The van der Waals surface area contributed by atoms with Gasteiger partial charge in [-0.15, -0.1) is 11.3 Å². The number of carboxylic acid groups (broad SMARTS) is 1. The summed E-state index contributed by atoms with van der Waals surface area (Å²) in [7, 11) is 1.57. The normalized spacial score (nSPS) is 10.5. The Morgan fingerprint density at radius 1 is 1.20 bits per heavy atom. The van der Waals surface area contributed by atoms with Crippen molar-refractivity contribution < 1.29 is 19.0 Å². The maximum absolute atomic E-state index is 13.0. The number of carbonyl (C=O) groups is 1. The molecular formula is C18H14FN2O3S-. The highest BCUT2D eigenvalue weighted by atomic mass is 32.1. The second kappa shape index (κ2) is 7.31. The molecule has 0 spiro atoms. The van der Waals surface area contributed by atoms with Gasteiger partial charge in [-0.05, 0) is 48.5 Å². The van der Waals surface area contributed by atoms with Crippen molar-refractivity contribution >= 4 is 28.1 Å². The van der Waals surface area contributed by atoms with Crippen LogP contribution in [-0.2, 0) is 11.2 Å². The van der Waals surface area contributed by atoms with Gasteiger partial charge >= 0.3 is 0 Å². The van der Waals surface area contributed by atoms with E-state index in [2.05, 4.69) is 10.3 Å². The highest BCUT2D eigenvalue weighted by Gasteiger charge is 2.14. The van der Waals surface area contributed by atoms with Gasteiger partial charge in [0.15, 0.2) is 5.13 Å². The van der Waals surface area contributed by atoms with Crippen molar-refractivity contribution in [3.8, 4) is 17.0 Å². The fourth-order valence-corrected chi connectivity index (χ4v) is 3.28. The Kier molecular flexibility index (Phi) is 4.95. The summed E-state index contributed by atoms with van der Waals surface area (Å²) in [6, 6.07) is 13.0. The van der Waals surface area contributed by atoms with Crippen LogP contribution in [-0.4, -0.2) is 18.1 Å². The van der Waals surface area contributed by atoms with E-state index in [1.165, 1.54) is 23.5 Å². The largest absolute Gasteiger partial charge is 0.550 e. The molecule has 1 N–H and O–H groups in total. The summed E-state index contributed by atoms with van der Waals surface area (Å²) in [5.41, 5.74) is 2.01. The molecule has 1 heterocycles. The molecule has 0 atom stereocenters. The topological polar surface area (TPSA) is 74.3 Å². The zero-order valence-electron chi connectivity index (χ0n) is 13.3. The lowest BCUT2D eigenvalue weighted by Gasteiger charge is -2.04. The van der Waals surface area contributed by atoms with E-state index in [4.69, 9.17) is 4.74 Å². The summed E-state index contributed by atoms with van der Waals surface area (Å²) in [6.45, 7) is 0. The molecule has 0 aliphatic carbocycles. The van der Waals surface area contributed by atoms with Gasteiger partial charge in [-0.25, -0.2) is 9.37 Å². The van der Waals surface area contributed by atoms with Gasteiger partial charge in [0.1, 0.15) is 11.6 Å². The van der Waals surface area contributed by atoms with E-state index in [1.54, 1.807) is 31.4 Å². The molecule has 0 fully saturated rings. The van der Waals surface area contributed by atoms with Gasteiger partial charge in [0.25, 0.3) is 0 Å². The number of aromatic nitrogens is 1. The number of carbonyl (C=O) groups excluding carboxylic acids is 1. The molecule has 0 aliphatic rings. The fraction of sp³-hybridized carbons (Fsp3) is 0.111. The lowest BCUT2D eigenvalue weighted by atomic mass is 10.1. The van der Waals surface area contributed by atoms with Crippen LogP contribution in [0.25, 0.3) is 11.3 Å². The number of rotatable bonds is 6. The summed E-state index contributed by atoms with van der Waals surface area (Å²) in [5.74, 6) is -0.807. The molecule has 7 heteroatoms. The minimum atomic E-state index is -1.17. The summed E-state index contributed by atoms with van der Waals surface area (Å²) in [5, 5.41) is 14.6. The molecule has 5 nitrogen and oxygen atoms in total. The second-order valence-electron chi connectivity index (χ2n) is 5.20. The summed E-state index contributed by atoms with van der Waals surface area (Å²) >= 11 is 1.22. The first-order chi connectivity index (χ1) is 12.0. The van der Waals surface area contributed by atoms with Crippen LogP contribution in [0.2, 0.25) is 0 Å². The predicted octanol–water partition coefficient (Wildman–Crippen LogP) is 2.99. The number of nitrogens with one attached hydrogen (secondary N) is 1. The van der Waals surface area contributed by atoms with Crippen molar-refractivity contribution in [3.63, 3.8) is 0 Å². The number of benzene rings is 2. The minimum absolute atomic E-state index is 0.232. The number of methoxy groups -OCH3 is 1. The summed E-state index contributed by atoms with van der Waals surface area (Å²) in [6.07, 6.45) is -0.232. The number of ether oxygens (including phenoxy) is 1. The Bertz CT molecular complexity index is 876. The number of hydrogen-bond acceptors (Lipinski definition) is 6. The first-order valence-corrected chi connectivity index (χ1v) is 8.23. The number of thiazole rings is 1. The zero-order chi connectivity index (χ0) is 17.8. The van der Waals surface area contributed by atoms with Crippen LogP contribution in [0.1, 0.15) is 4.88 Å². The SMILES string of the molecule is COc1ccc(-c2nc(Nc3ccc(F)cc3)sc2CC(=O)[O-])cc1. The third-order valence-electron chi connectivity index (χ3n) is 3.46. The van der Waals surface area contributed by atoms with Gasteiger partial charge < -0.3 is 20.0 Å². The molecule has 3 aromatic rings. The van der Waals surface area contributed by atoms with E-state index >= 15 is 0 Å². The zero-order valence-corrected chi connectivity index (χ0v) is 14.1. The van der Waals surface area contributed by atoms with E-state index in [-0.39, 0.29) is 12.2 Å². The number of hydrogen-bond donors (Lipinski definition) is 1. The van der Waals surface area contributed by atoms with E-state index in [0.717, 1.165) is 5.56 Å². The Balaban J connectivity index is 1.93. The Morgan fingerprint density at radius 3 is 2.48 bits per heavy atom. The molecule has 0 bridgehead atoms. The average molecular weight is 357 g/mol. The van der Waals surface area contributed by atoms with E-state index in [1.807, 2.05) is 12.1 Å². The average Bonchev–Trinajstić information content (AvgIpc) is 2.98. The monoisotopic (exact) mass is 357 g/mol. The maximum Gasteiger partial charge on any atom is 0.187 e. The van der Waals surface area contributed by atoms with Crippen molar-refractivity contribution in [3.05, 3.63) is 59.2 Å². The molecule has 0 saturated carbocycles. The van der Waals surface area contributed by atoms with Gasteiger partial charge in [0, 0.05) is 28.5 Å². The van der Waals surface area contributed by atoms with Crippen LogP contribution >= 0.6 is 11.3 Å². The fourth-order valence-electron chi connectivity index (χ4n) is 2.29. The molecule has 0 radical (unpaired) electrons. The van der Waals surface area contributed by atoms with Crippen molar-refractivity contribution in [2.45, 2.75) is 6.42 Å². The van der Waals surface area contributed by atoms with Crippen molar-refractivity contribution in [2.75, 3.05) is 12.4 Å². The predicted molar refractivity (Wildman–Crippen MR) is 92.5 cm³/mol. The van der Waals surface area contributed by atoms with E-state index < -0.39 is 5.97 Å². The molecule has 128 valence electrons. The Morgan fingerprint density at radius 2 is 1.88 bits per heavy atom. The number of anilines is 2. The van der Waals surface area contributed by atoms with Crippen LogP contribution in [0, 0.1) is 5.82 Å². The molecule has 0 unspecified atom stereocenters. The van der Waals surface area contributed by atoms with Crippen molar-refractivity contribution in [1.29, 1.82) is 0 Å². The second-order valence-corrected chi connectivity index (χ2v) is 6.28. The van der Waals surface area contributed by atoms with Gasteiger partial charge in [0.05, 0.1) is 12.8 Å². The first-order valence-electron chi connectivity index (χ1n) is 7.41. The van der Waals surface area contributed by atoms with Crippen molar-refractivity contribution in [1.82, 2.24) is 4.98 Å². The van der Waals surface area contributed by atoms with Gasteiger partial charge in [0.2, 0.25) is 0 Å². The highest BCUT2D eigenvalue weighted by Crippen LogP contribution is 2.33. The number of carboxylic acids is 1. The van der Waals surface area contributed by atoms with Gasteiger partial charge in [-0.1, -0.05) is 0 Å². The third kappa shape index (κ3) is 4.13. The molecule has 0 amide bonds. The highest BCUT2D eigenvalue weighted by molar-refractivity contribution is 7.16. The number of aliphatic carboxylic acids is 1. The Hall–Kier alpha value is -2.93. The summed E-state index contributed by atoms with van der Waals surface area (Å²) < 4.78 is 18.1. The van der Waals surface area contributed by atoms with Gasteiger partial charge in [-0.2, -0.15) is 0 Å². The standard InChI is InChI=1S/C18H15FN2O3S/c1-24-14-8-2-11(3-9-14)17-15(10-16(22)23)25-18(21-17)20-13-6-4-12(19)5-7-13/h2-9H,10H2,1H3,(H,20,21)(H,22,23)/p-1. The lowest BCUT2D eigenvalue weighted by molar-refractivity contribution is -0.304. The molecule has 3 rings (SSSR count).